The van der Waals surface area contributed by atoms with Gasteiger partial charge in [-0.25, -0.2) is 0 Å². The predicted molar refractivity (Wildman–Crippen MR) is 79.7 cm³/mol. The molecule has 4 nitrogen and oxygen atoms in total. The Balaban J connectivity index is 1.55. The Morgan fingerprint density at radius 1 is 1.24 bits per heavy atom. The molecule has 0 aromatic heterocycles. The van der Waals surface area contributed by atoms with Crippen molar-refractivity contribution < 1.29 is 9.53 Å². The van der Waals surface area contributed by atoms with Crippen molar-refractivity contribution in [2.24, 2.45) is 23.5 Å². The lowest BCUT2D eigenvalue weighted by Crippen LogP contribution is -2.47. The highest BCUT2D eigenvalue weighted by atomic mass is 16.5. The second-order valence-corrected chi connectivity index (χ2v) is 6.65. The molecule has 21 heavy (non-hydrogen) atoms. The number of para-hydroxylation sites is 1. The smallest absolute Gasteiger partial charge is 0.227 e. The van der Waals surface area contributed by atoms with Gasteiger partial charge in [0.1, 0.15) is 12.4 Å². The van der Waals surface area contributed by atoms with Crippen molar-refractivity contribution in [2.45, 2.75) is 31.8 Å². The van der Waals surface area contributed by atoms with Gasteiger partial charge in [-0.2, -0.15) is 0 Å². The molecule has 2 fully saturated rings. The highest BCUT2D eigenvalue weighted by Crippen LogP contribution is 2.48. The largest absolute Gasteiger partial charge is 0.491 e. The van der Waals surface area contributed by atoms with Gasteiger partial charge in [-0.3, -0.25) is 4.79 Å². The normalized spacial score (nSPS) is 34.2. The summed E-state index contributed by atoms with van der Waals surface area (Å²) in [5, 5.41) is 0. The minimum atomic E-state index is 0.0361. The fraction of sp³-hybridized carbons (Fsp3) is 0.588. The Hall–Kier alpha value is -1.55. The van der Waals surface area contributed by atoms with E-state index in [9.17, 15) is 4.79 Å². The highest BCUT2D eigenvalue weighted by molar-refractivity contribution is 5.80. The average molecular weight is 286 g/mol. The molecule has 2 aliphatic carbocycles. The third-order valence-corrected chi connectivity index (χ3v) is 5.53. The molecule has 4 heteroatoms. The first-order chi connectivity index (χ1) is 10.2. The molecule has 1 amide bonds. The first-order valence-electron chi connectivity index (χ1n) is 7.99. The van der Waals surface area contributed by atoms with Crippen molar-refractivity contribution in [3.63, 3.8) is 0 Å². The van der Waals surface area contributed by atoms with E-state index in [-0.39, 0.29) is 17.9 Å². The maximum atomic E-state index is 13.0. The van der Waals surface area contributed by atoms with Crippen LogP contribution in [0.1, 0.15) is 24.8 Å². The predicted octanol–water partition coefficient (Wildman–Crippen LogP) is 1.78. The van der Waals surface area contributed by atoms with E-state index in [1.54, 1.807) is 0 Å². The van der Waals surface area contributed by atoms with E-state index in [1.807, 2.05) is 29.2 Å². The molecule has 1 aromatic carbocycles. The Morgan fingerprint density at radius 3 is 2.86 bits per heavy atom. The molecule has 3 aliphatic rings. The van der Waals surface area contributed by atoms with Crippen LogP contribution < -0.4 is 10.5 Å². The number of amides is 1. The lowest BCUT2D eigenvalue weighted by Gasteiger charge is -2.32. The first-order valence-corrected chi connectivity index (χ1v) is 7.99. The highest BCUT2D eigenvalue weighted by Gasteiger charge is 2.50. The summed E-state index contributed by atoms with van der Waals surface area (Å²) < 4.78 is 5.76. The molecule has 1 aromatic rings. The van der Waals surface area contributed by atoms with Crippen molar-refractivity contribution in [3.8, 4) is 5.75 Å². The van der Waals surface area contributed by atoms with E-state index in [1.165, 1.54) is 12.8 Å². The SMILES string of the molecule is NC1C2CCC(C2)C1C(=O)N1CCOc2ccccc2C1. The fourth-order valence-corrected chi connectivity index (χ4v) is 4.43. The second kappa shape index (κ2) is 5.02. The molecule has 4 unspecified atom stereocenters. The maximum Gasteiger partial charge on any atom is 0.227 e. The fourth-order valence-electron chi connectivity index (χ4n) is 4.43. The van der Waals surface area contributed by atoms with Crippen LogP contribution in [0.25, 0.3) is 0 Å². The molecular weight excluding hydrogens is 264 g/mol. The molecule has 112 valence electrons. The quantitative estimate of drug-likeness (QED) is 0.856. The summed E-state index contributed by atoms with van der Waals surface area (Å²) in [4.78, 5) is 14.9. The van der Waals surface area contributed by atoms with Gasteiger partial charge in [0.15, 0.2) is 0 Å². The topological polar surface area (TPSA) is 55.6 Å². The van der Waals surface area contributed by atoms with Gasteiger partial charge in [-0.05, 0) is 37.2 Å². The lowest BCUT2D eigenvalue weighted by atomic mass is 9.84. The van der Waals surface area contributed by atoms with Gasteiger partial charge in [0.25, 0.3) is 0 Å². The molecule has 0 spiro atoms. The van der Waals surface area contributed by atoms with Crippen LogP contribution in [0, 0.1) is 17.8 Å². The zero-order valence-corrected chi connectivity index (χ0v) is 12.2. The minimum absolute atomic E-state index is 0.0361. The molecule has 2 saturated carbocycles. The number of nitrogens with zero attached hydrogens (tertiary/aromatic N) is 1. The summed E-state index contributed by atoms with van der Waals surface area (Å²) >= 11 is 0. The number of benzene rings is 1. The van der Waals surface area contributed by atoms with Crippen molar-refractivity contribution in [3.05, 3.63) is 29.8 Å². The molecule has 0 saturated heterocycles. The van der Waals surface area contributed by atoms with Crippen molar-refractivity contribution >= 4 is 5.91 Å². The molecule has 1 heterocycles. The zero-order valence-electron chi connectivity index (χ0n) is 12.2. The van der Waals surface area contributed by atoms with Gasteiger partial charge in [0, 0.05) is 18.2 Å². The van der Waals surface area contributed by atoms with Gasteiger partial charge in [0.05, 0.1) is 12.5 Å². The van der Waals surface area contributed by atoms with E-state index >= 15 is 0 Å². The standard InChI is InChI=1S/C17H22N2O2/c18-16-12-6-5-11(9-12)15(16)17(20)19-7-8-21-14-4-2-1-3-13(14)10-19/h1-4,11-12,15-16H,5-10,18H2. The summed E-state index contributed by atoms with van der Waals surface area (Å²) in [7, 11) is 0. The van der Waals surface area contributed by atoms with Crippen LogP contribution in [0.15, 0.2) is 24.3 Å². The molecule has 2 N–H and O–H groups in total. The van der Waals surface area contributed by atoms with Crippen LogP contribution in [0.3, 0.4) is 0 Å². The molecule has 0 radical (unpaired) electrons. The number of fused-ring (bicyclic) bond motifs is 3. The minimum Gasteiger partial charge on any atom is -0.491 e. The third kappa shape index (κ3) is 2.13. The number of hydrogen-bond acceptors (Lipinski definition) is 3. The molecular formula is C17H22N2O2. The number of carbonyl (C=O) groups is 1. The second-order valence-electron chi connectivity index (χ2n) is 6.65. The number of ether oxygens (including phenoxy) is 1. The van der Waals surface area contributed by atoms with Crippen LogP contribution in [0.2, 0.25) is 0 Å². The van der Waals surface area contributed by atoms with Crippen LogP contribution in [-0.4, -0.2) is 30.0 Å². The number of hydrogen-bond donors (Lipinski definition) is 1. The van der Waals surface area contributed by atoms with E-state index in [0.717, 1.165) is 17.7 Å². The summed E-state index contributed by atoms with van der Waals surface area (Å²) in [6, 6.07) is 8.06. The van der Waals surface area contributed by atoms with Gasteiger partial charge in [-0.1, -0.05) is 18.2 Å². The van der Waals surface area contributed by atoms with E-state index in [2.05, 4.69) is 0 Å². The van der Waals surface area contributed by atoms with E-state index in [4.69, 9.17) is 10.5 Å². The maximum absolute atomic E-state index is 13.0. The zero-order chi connectivity index (χ0) is 14.4. The van der Waals surface area contributed by atoms with E-state index < -0.39 is 0 Å². The van der Waals surface area contributed by atoms with Crippen LogP contribution in [-0.2, 0) is 11.3 Å². The number of rotatable bonds is 1. The third-order valence-electron chi connectivity index (χ3n) is 5.53. The summed E-state index contributed by atoms with van der Waals surface area (Å²) in [5.74, 6) is 2.27. The van der Waals surface area contributed by atoms with Crippen molar-refractivity contribution in [2.75, 3.05) is 13.2 Å². The van der Waals surface area contributed by atoms with Gasteiger partial charge < -0.3 is 15.4 Å². The average Bonchev–Trinajstić information content (AvgIpc) is 3.00. The van der Waals surface area contributed by atoms with Gasteiger partial charge in [-0.15, -0.1) is 0 Å². The lowest BCUT2D eigenvalue weighted by molar-refractivity contribution is -0.138. The molecule has 1 aliphatic heterocycles. The van der Waals surface area contributed by atoms with Crippen LogP contribution in [0.5, 0.6) is 5.75 Å². The first kappa shape index (κ1) is 13.1. The molecule has 4 atom stereocenters. The van der Waals surface area contributed by atoms with Crippen LogP contribution in [0.4, 0.5) is 0 Å². The number of carbonyl (C=O) groups excluding carboxylic acids is 1. The Bertz CT molecular complexity index is 557. The monoisotopic (exact) mass is 286 g/mol. The summed E-state index contributed by atoms with van der Waals surface area (Å²) in [6.45, 7) is 1.88. The van der Waals surface area contributed by atoms with E-state index in [0.29, 0.717) is 31.5 Å². The van der Waals surface area contributed by atoms with Crippen molar-refractivity contribution in [1.29, 1.82) is 0 Å². The Labute approximate surface area is 125 Å². The Kier molecular flexibility index (Phi) is 3.14. The summed E-state index contributed by atoms with van der Waals surface area (Å²) in [6.07, 6.45) is 3.54. The Morgan fingerprint density at radius 2 is 2.05 bits per heavy atom. The molecule has 4 rings (SSSR count). The molecule has 2 bridgehead atoms. The van der Waals surface area contributed by atoms with Gasteiger partial charge >= 0.3 is 0 Å². The van der Waals surface area contributed by atoms with Crippen molar-refractivity contribution in [1.82, 2.24) is 4.90 Å². The van der Waals surface area contributed by atoms with Gasteiger partial charge in [0.2, 0.25) is 5.91 Å². The number of nitrogens with two attached hydrogens (primary N) is 1. The summed E-state index contributed by atoms with van der Waals surface area (Å²) in [5.41, 5.74) is 7.42. The van der Waals surface area contributed by atoms with Crippen LogP contribution >= 0.6 is 0 Å².